The van der Waals surface area contributed by atoms with Crippen molar-refractivity contribution >= 4 is 22.9 Å². The van der Waals surface area contributed by atoms with Gasteiger partial charge in [0.05, 0.1) is 5.69 Å². The maximum absolute atomic E-state index is 13.4. The summed E-state index contributed by atoms with van der Waals surface area (Å²) in [6.07, 6.45) is -1.15. The molecule has 41 heavy (non-hydrogen) atoms. The first-order valence-corrected chi connectivity index (χ1v) is 13.3. The maximum atomic E-state index is 13.4. The third-order valence-corrected chi connectivity index (χ3v) is 7.58. The molecule has 1 aromatic carbocycles. The van der Waals surface area contributed by atoms with E-state index in [1.807, 2.05) is 6.92 Å². The highest BCUT2D eigenvalue weighted by molar-refractivity contribution is 5.83. The molecule has 0 spiro atoms. The van der Waals surface area contributed by atoms with Gasteiger partial charge in [0.2, 0.25) is 0 Å². The largest absolute Gasteiger partial charge is 0.479 e. The Bertz CT molecular complexity index is 1450. The van der Waals surface area contributed by atoms with Crippen molar-refractivity contribution in [2.75, 3.05) is 19.6 Å². The van der Waals surface area contributed by atoms with Gasteiger partial charge in [0, 0.05) is 41.7 Å². The van der Waals surface area contributed by atoms with Crippen molar-refractivity contribution in [3.8, 4) is 0 Å². The van der Waals surface area contributed by atoms with E-state index in [1.54, 1.807) is 10.6 Å². The topological polar surface area (TPSA) is 199 Å². The van der Waals surface area contributed by atoms with Crippen LogP contribution in [0.5, 0.6) is 0 Å². The Morgan fingerprint density at radius 3 is 2.39 bits per heavy atom. The smallest absolute Gasteiger partial charge is 0.335 e. The zero-order chi connectivity index (χ0) is 29.8. The Kier molecular flexibility index (Phi) is 9.48. The van der Waals surface area contributed by atoms with Crippen LogP contribution in [0, 0.1) is 12.7 Å². The molecule has 0 saturated carbocycles. The first-order valence-electron chi connectivity index (χ1n) is 13.3. The maximum Gasteiger partial charge on any atom is 0.335 e. The summed E-state index contributed by atoms with van der Waals surface area (Å²) < 4.78 is 20.4. The van der Waals surface area contributed by atoms with Gasteiger partial charge in [-0.3, -0.25) is 9.36 Å². The lowest BCUT2D eigenvalue weighted by Crippen LogP contribution is -2.39. The third kappa shape index (κ3) is 6.78. The number of aliphatic hydroxyl groups excluding tert-OH is 3. The van der Waals surface area contributed by atoms with Crippen molar-refractivity contribution in [2.45, 2.75) is 69.8 Å². The number of aliphatic hydroxyl groups is 3. The number of aliphatic carboxylic acids is 2. The first kappa shape index (κ1) is 30.2. The number of aryl methyl sites for hydroxylation is 1. The van der Waals surface area contributed by atoms with Crippen LogP contribution in [0.4, 0.5) is 4.39 Å². The van der Waals surface area contributed by atoms with Gasteiger partial charge in [-0.2, -0.15) is 0 Å². The van der Waals surface area contributed by atoms with Crippen molar-refractivity contribution in [3.63, 3.8) is 0 Å². The summed E-state index contributed by atoms with van der Waals surface area (Å²) in [5.74, 6) is -3.05. The summed E-state index contributed by atoms with van der Waals surface area (Å²) in [6.45, 7) is 5.13. The highest BCUT2D eigenvalue weighted by atomic mass is 19.1. The number of fused-ring (bicyclic) bond motifs is 2. The van der Waals surface area contributed by atoms with Crippen LogP contribution in [-0.2, 0) is 22.6 Å². The van der Waals surface area contributed by atoms with Gasteiger partial charge in [-0.05, 0) is 64.3 Å². The Hall–Kier alpha value is -3.72. The molecule has 1 saturated heterocycles. The quantitative estimate of drug-likeness (QED) is 0.267. The minimum absolute atomic E-state index is 0.00237. The van der Waals surface area contributed by atoms with Gasteiger partial charge in [-0.25, -0.2) is 19.0 Å². The van der Waals surface area contributed by atoms with Gasteiger partial charge >= 0.3 is 11.9 Å². The second kappa shape index (κ2) is 12.9. The van der Waals surface area contributed by atoms with Crippen LogP contribution in [0.25, 0.3) is 11.0 Å². The van der Waals surface area contributed by atoms with Gasteiger partial charge in [-0.1, -0.05) is 5.16 Å². The van der Waals surface area contributed by atoms with Crippen LogP contribution in [-0.4, -0.2) is 88.9 Å². The zero-order valence-electron chi connectivity index (χ0n) is 22.4. The van der Waals surface area contributed by atoms with E-state index in [1.165, 1.54) is 12.1 Å². The number of nitrogens with zero attached hydrogens (tertiary/aromatic N) is 4. The fourth-order valence-corrected chi connectivity index (χ4v) is 5.25. The number of hydrogen-bond acceptors (Lipinski definition) is 10. The molecule has 2 aromatic heterocycles. The number of hydrogen-bond donors (Lipinski definition) is 5. The second-order valence-corrected chi connectivity index (χ2v) is 10.3. The van der Waals surface area contributed by atoms with Gasteiger partial charge in [0.15, 0.2) is 17.8 Å². The minimum Gasteiger partial charge on any atom is -0.479 e. The van der Waals surface area contributed by atoms with Crippen molar-refractivity contribution in [2.24, 2.45) is 0 Å². The Balaban J connectivity index is 0.000000334. The monoisotopic (exact) mass is 576 g/mol. The van der Waals surface area contributed by atoms with Gasteiger partial charge in [-0.15, -0.1) is 0 Å². The molecule has 222 valence electrons. The normalized spacial score (nSPS) is 19.2. The molecule has 1 fully saturated rings. The van der Waals surface area contributed by atoms with Crippen LogP contribution < -0.4 is 5.56 Å². The van der Waals surface area contributed by atoms with Gasteiger partial charge in [0.25, 0.3) is 5.56 Å². The van der Waals surface area contributed by atoms with Crippen LogP contribution in [0.1, 0.15) is 60.5 Å². The molecule has 2 aliphatic heterocycles. The van der Waals surface area contributed by atoms with Crippen LogP contribution in [0.2, 0.25) is 0 Å². The fraction of sp³-hybridized carbons (Fsp3) is 0.519. The lowest BCUT2D eigenvalue weighted by Gasteiger charge is -2.31. The van der Waals surface area contributed by atoms with E-state index < -0.39 is 30.3 Å². The van der Waals surface area contributed by atoms with E-state index in [0.717, 1.165) is 61.2 Å². The number of carboxylic acids is 2. The lowest BCUT2D eigenvalue weighted by atomic mass is 9.91. The Labute approximate surface area is 233 Å². The molecule has 14 heteroatoms. The number of likely N-dealkylation sites (tertiary alicyclic amines) is 1. The van der Waals surface area contributed by atoms with Crippen molar-refractivity contribution in [3.05, 3.63) is 57.1 Å². The van der Waals surface area contributed by atoms with Gasteiger partial charge < -0.3 is 35.0 Å². The second-order valence-electron chi connectivity index (χ2n) is 10.3. The summed E-state index contributed by atoms with van der Waals surface area (Å²) in [5, 5.41) is 47.8. The van der Waals surface area contributed by atoms with Crippen LogP contribution in [0.3, 0.4) is 0 Å². The zero-order valence-corrected chi connectivity index (χ0v) is 22.4. The molecule has 0 bridgehead atoms. The molecule has 13 nitrogen and oxygen atoms in total. The molecule has 0 amide bonds. The van der Waals surface area contributed by atoms with E-state index in [4.69, 9.17) is 24.9 Å². The van der Waals surface area contributed by atoms with E-state index in [0.29, 0.717) is 36.7 Å². The van der Waals surface area contributed by atoms with Crippen LogP contribution >= 0.6 is 0 Å². The lowest BCUT2D eigenvalue weighted by molar-refractivity contribution is -0.165. The average Bonchev–Trinajstić information content (AvgIpc) is 3.36. The predicted molar refractivity (Wildman–Crippen MR) is 141 cm³/mol. The Morgan fingerprint density at radius 2 is 1.76 bits per heavy atom. The van der Waals surface area contributed by atoms with Crippen molar-refractivity contribution < 1.29 is 44.0 Å². The fourth-order valence-electron chi connectivity index (χ4n) is 5.25. The molecule has 0 radical (unpaired) electrons. The summed E-state index contributed by atoms with van der Waals surface area (Å²) >= 11 is 0. The average molecular weight is 577 g/mol. The number of piperidine rings is 1. The number of benzene rings is 1. The summed E-state index contributed by atoms with van der Waals surface area (Å²) in [6, 6.07) is 4.58. The van der Waals surface area contributed by atoms with Crippen molar-refractivity contribution in [1.29, 1.82) is 0 Å². The van der Waals surface area contributed by atoms with E-state index in [9.17, 15) is 23.9 Å². The molecule has 3 aromatic rings. The summed E-state index contributed by atoms with van der Waals surface area (Å²) in [7, 11) is 0. The SMILES string of the molecule is Cc1nc2n(c(=O)c1CCN1CCC(c3noc4cc(F)ccc34)CC1)CCCC2O.O=C(O)[C@H](O)[C@@H](O)C(=O)O. The predicted octanol–water partition coefficient (Wildman–Crippen LogP) is 0.959. The molecule has 1 unspecified atom stereocenters. The standard InChI is InChI=1S/C23H27FN4O3.C4H6O6/c1-14-17(23(30)28-9-2-3-19(29)22(28)25-14)8-12-27-10-6-15(7-11-27)21-18-5-4-16(24)13-20(18)31-26-21;5-1(3(7)8)2(6)4(9)10/h4-5,13,15,19,29H,2-3,6-12H2,1H3;1-2,5-6H,(H,7,8)(H,9,10)/t;1-,2-/m.1/s1. The number of aromatic nitrogens is 3. The number of rotatable bonds is 7. The molecule has 4 heterocycles. The summed E-state index contributed by atoms with van der Waals surface area (Å²) in [4.78, 5) is 39.4. The number of carbonyl (C=O) groups is 2. The third-order valence-electron chi connectivity index (χ3n) is 7.58. The van der Waals surface area contributed by atoms with Gasteiger partial charge in [0.1, 0.15) is 17.7 Å². The van der Waals surface area contributed by atoms with E-state index >= 15 is 0 Å². The van der Waals surface area contributed by atoms with Crippen molar-refractivity contribution in [1.82, 2.24) is 19.6 Å². The highest BCUT2D eigenvalue weighted by Gasteiger charge is 2.29. The molecular weight excluding hydrogens is 543 g/mol. The molecule has 2 aliphatic rings. The summed E-state index contributed by atoms with van der Waals surface area (Å²) in [5.41, 5.74) is 2.90. The molecule has 3 atom stereocenters. The Morgan fingerprint density at radius 1 is 1.10 bits per heavy atom. The molecule has 5 N–H and O–H groups in total. The van der Waals surface area contributed by atoms with E-state index in [-0.39, 0.29) is 11.4 Å². The highest BCUT2D eigenvalue weighted by Crippen LogP contribution is 2.33. The molecule has 5 rings (SSSR count). The van der Waals surface area contributed by atoms with E-state index in [2.05, 4.69) is 15.0 Å². The number of halogens is 1. The van der Waals surface area contributed by atoms with Crippen LogP contribution in [0.15, 0.2) is 27.5 Å². The number of carboxylic acid groups (broad SMARTS) is 2. The molecular formula is C27H33FN4O9. The molecule has 0 aliphatic carbocycles. The first-order chi connectivity index (χ1) is 19.5. The minimum atomic E-state index is -2.27.